The molecule has 0 N–H and O–H groups in total. The molecule has 0 amide bonds. The molecule has 74 heavy (non-hydrogen) atoms. The van der Waals surface area contributed by atoms with Gasteiger partial charge in [0.1, 0.15) is 0 Å². The van der Waals surface area contributed by atoms with Crippen LogP contribution >= 0.6 is 0 Å². The minimum absolute atomic E-state index is 0.590. The van der Waals surface area contributed by atoms with Gasteiger partial charge in [0.15, 0.2) is 17.5 Å². The first-order chi connectivity index (χ1) is 36.7. The Labute approximate surface area is 428 Å². The Bertz CT molecular complexity index is 4400. The fourth-order valence-corrected chi connectivity index (χ4v) is 11.3. The monoisotopic (exact) mass is 938 g/mol. The molecule has 342 valence electrons. The van der Waals surface area contributed by atoms with E-state index in [1.54, 1.807) is 0 Å². The number of aromatic nitrogens is 3. The first-order valence-electron chi connectivity index (χ1n) is 25.0. The van der Waals surface area contributed by atoms with Crippen molar-refractivity contribution >= 4 is 32.3 Å². The van der Waals surface area contributed by atoms with E-state index in [2.05, 4.69) is 224 Å². The maximum Gasteiger partial charge on any atom is 0.164 e. The summed E-state index contributed by atoms with van der Waals surface area (Å²) in [7, 11) is 0. The number of rotatable bonds is 8. The number of hydrogen-bond donors (Lipinski definition) is 0. The molecule has 12 aromatic carbocycles. The van der Waals surface area contributed by atoms with Gasteiger partial charge in [-0.1, -0.05) is 237 Å². The first kappa shape index (κ1) is 42.8. The van der Waals surface area contributed by atoms with Crippen LogP contribution in [-0.2, 0) is 0 Å². The molecule has 0 aliphatic heterocycles. The molecule has 14 rings (SSSR count). The van der Waals surface area contributed by atoms with Crippen LogP contribution in [0.1, 0.15) is 5.56 Å². The number of nitrogens with zero attached hydrogens (tertiary/aromatic N) is 4. The van der Waals surface area contributed by atoms with Gasteiger partial charge >= 0.3 is 0 Å². The van der Waals surface area contributed by atoms with E-state index in [9.17, 15) is 5.26 Å². The summed E-state index contributed by atoms with van der Waals surface area (Å²) in [4.78, 5) is 15.6. The van der Waals surface area contributed by atoms with Crippen molar-refractivity contribution in [2.75, 3.05) is 0 Å². The van der Waals surface area contributed by atoms with E-state index in [0.29, 0.717) is 23.0 Å². The molecule has 1 aliphatic carbocycles. The average Bonchev–Trinajstić information content (AvgIpc) is 3.81. The second kappa shape index (κ2) is 17.6. The van der Waals surface area contributed by atoms with Gasteiger partial charge in [-0.3, -0.25) is 0 Å². The Balaban J connectivity index is 0.851. The van der Waals surface area contributed by atoms with Crippen LogP contribution in [0.4, 0.5) is 0 Å². The van der Waals surface area contributed by atoms with Gasteiger partial charge in [-0.2, -0.15) is 5.26 Å². The van der Waals surface area contributed by atoms with Crippen LogP contribution in [0.5, 0.6) is 0 Å². The molecule has 1 aliphatic rings. The fourth-order valence-electron chi connectivity index (χ4n) is 11.3. The van der Waals surface area contributed by atoms with Gasteiger partial charge in [-0.25, -0.2) is 15.0 Å². The summed E-state index contributed by atoms with van der Waals surface area (Å²) < 4.78 is 0. The molecule has 1 heterocycles. The van der Waals surface area contributed by atoms with Crippen LogP contribution in [0.25, 0.3) is 144 Å². The molecule has 13 aromatic rings. The smallest absolute Gasteiger partial charge is 0.164 e. The highest BCUT2D eigenvalue weighted by Gasteiger charge is 2.24. The van der Waals surface area contributed by atoms with E-state index in [1.165, 1.54) is 54.6 Å². The Hall–Kier alpha value is -10.1. The first-order valence-corrected chi connectivity index (χ1v) is 25.0. The molecule has 0 saturated heterocycles. The van der Waals surface area contributed by atoms with Crippen LogP contribution in [-0.4, -0.2) is 15.0 Å². The Morgan fingerprint density at radius 1 is 0.243 bits per heavy atom. The molecule has 0 unspecified atom stereocenters. The van der Waals surface area contributed by atoms with Crippen LogP contribution in [0.15, 0.2) is 255 Å². The van der Waals surface area contributed by atoms with Crippen LogP contribution in [0.3, 0.4) is 0 Å². The lowest BCUT2D eigenvalue weighted by Gasteiger charge is -2.17. The van der Waals surface area contributed by atoms with Crippen molar-refractivity contribution in [3.8, 4) is 118 Å². The molecule has 0 spiro atoms. The predicted molar refractivity (Wildman–Crippen MR) is 305 cm³/mol. The Morgan fingerprint density at radius 2 is 0.689 bits per heavy atom. The molecule has 0 bridgehead atoms. The normalized spacial score (nSPS) is 11.5. The van der Waals surface area contributed by atoms with E-state index in [0.717, 1.165) is 72.3 Å². The summed E-state index contributed by atoms with van der Waals surface area (Å²) in [6.45, 7) is 0. The van der Waals surface area contributed by atoms with Gasteiger partial charge in [-0.05, 0) is 123 Å². The molecular formula is C70H42N4. The highest BCUT2D eigenvalue weighted by molar-refractivity contribution is 6.19. The summed E-state index contributed by atoms with van der Waals surface area (Å²) in [6.07, 6.45) is 0. The van der Waals surface area contributed by atoms with Crippen molar-refractivity contribution in [3.63, 3.8) is 0 Å². The largest absolute Gasteiger partial charge is 0.208 e. The second-order valence-corrected chi connectivity index (χ2v) is 18.9. The van der Waals surface area contributed by atoms with E-state index in [4.69, 9.17) is 15.0 Å². The zero-order valence-electron chi connectivity index (χ0n) is 40.0. The summed E-state index contributed by atoms with van der Waals surface area (Å²) in [5.74, 6) is 1.80. The zero-order chi connectivity index (χ0) is 49.1. The molecule has 4 nitrogen and oxygen atoms in total. The lowest BCUT2D eigenvalue weighted by molar-refractivity contribution is 1.07. The Kier molecular flexibility index (Phi) is 10.2. The zero-order valence-corrected chi connectivity index (χ0v) is 40.0. The van der Waals surface area contributed by atoms with Crippen molar-refractivity contribution in [1.29, 1.82) is 5.26 Å². The van der Waals surface area contributed by atoms with Gasteiger partial charge in [0.25, 0.3) is 0 Å². The van der Waals surface area contributed by atoms with Crippen LogP contribution in [0, 0.1) is 11.3 Å². The van der Waals surface area contributed by atoms with E-state index in [-0.39, 0.29) is 0 Å². The molecule has 0 fully saturated rings. The van der Waals surface area contributed by atoms with Crippen LogP contribution in [0.2, 0.25) is 0 Å². The van der Waals surface area contributed by atoms with Gasteiger partial charge < -0.3 is 0 Å². The number of fused-ring (bicyclic) bond motifs is 6. The third-order valence-electron chi connectivity index (χ3n) is 14.8. The number of hydrogen-bond acceptors (Lipinski definition) is 4. The fraction of sp³-hybridized carbons (Fsp3) is 0. The maximum atomic E-state index is 10.6. The van der Waals surface area contributed by atoms with Crippen molar-refractivity contribution in [2.24, 2.45) is 0 Å². The minimum atomic E-state index is 0.590. The SMILES string of the molecule is N#Cc1ccc(-c2ccccc2-c2ccc(-c3nc(-c4ccccc4)nc(-c4ccccc4-c4cc5ccccc5c5ccccc45)n3)cc2)cc1-c1ccccc1-c1ccc2c3c(cccc13)-c1ccccc1-2. The summed E-state index contributed by atoms with van der Waals surface area (Å²) in [5, 5.41) is 17.9. The molecule has 4 heteroatoms. The van der Waals surface area contributed by atoms with E-state index < -0.39 is 0 Å². The molecule has 1 aromatic heterocycles. The van der Waals surface area contributed by atoms with Gasteiger partial charge in [0, 0.05) is 22.3 Å². The van der Waals surface area contributed by atoms with E-state index in [1.807, 2.05) is 36.4 Å². The van der Waals surface area contributed by atoms with Gasteiger partial charge in [0.2, 0.25) is 0 Å². The maximum absolute atomic E-state index is 10.6. The van der Waals surface area contributed by atoms with Crippen molar-refractivity contribution in [1.82, 2.24) is 15.0 Å². The lowest BCUT2D eigenvalue weighted by atomic mass is 9.86. The molecule has 0 atom stereocenters. The van der Waals surface area contributed by atoms with Gasteiger partial charge in [-0.15, -0.1) is 0 Å². The predicted octanol–water partition coefficient (Wildman–Crippen LogP) is 18.2. The lowest BCUT2D eigenvalue weighted by Crippen LogP contribution is -2.01. The number of nitriles is 1. The average molecular weight is 939 g/mol. The van der Waals surface area contributed by atoms with Crippen molar-refractivity contribution in [2.45, 2.75) is 0 Å². The molecule has 0 radical (unpaired) electrons. The standard InChI is InChI=1S/C70H42N4/c71-43-49-38-37-48(41-65(49)57-27-12-9-24-54(57)60-39-40-63-56-26-11-10-25-55(56)61-31-16-32-62(60)67(61)63)51-21-7-6-20-50(51)44-33-35-46(36-34-44)69-72-68(45-17-2-1-3-18-45)73-70(74-69)64-30-15-14-29-59(64)66-42-47-19-4-5-22-52(47)53-23-8-13-28-58(53)66/h1-42H. The quantitative estimate of drug-likeness (QED) is 0.142. The summed E-state index contributed by atoms with van der Waals surface area (Å²) in [6, 6.07) is 92.2. The minimum Gasteiger partial charge on any atom is -0.208 e. The van der Waals surface area contributed by atoms with Crippen LogP contribution < -0.4 is 0 Å². The van der Waals surface area contributed by atoms with Crippen molar-refractivity contribution in [3.05, 3.63) is 260 Å². The second-order valence-electron chi connectivity index (χ2n) is 18.9. The highest BCUT2D eigenvalue weighted by atomic mass is 15.0. The third-order valence-corrected chi connectivity index (χ3v) is 14.8. The van der Waals surface area contributed by atoms with Crippen molar-refractivity contribution < 1.29 is 0 Å². The summed E-state index contributed by atoms with van der Waals surface area (Å²) in [5.41, 5.74) is 19.0. The van der Waals surface area contributed by atoms with Gasteiger partial charge in [0.05, 0.1) is 11.6 Å². The molecular weight excluding hydrogens is 897 g/mol. The highest BCUT2D eigenvalue weighted by Crippen LogP contribution is 2.50. The Morgan fingerprint density at radius 3 is 1.38 bits per heavy atom. The third kappa shape index (κ3) is 7.10. The molecule has 0 saturated carbocycles. The van der Waals surface area contributed by atoms with E-state index >= 15 is 0 Å². The summed E-state index contributed by atoms with van der Waals surface area (Å²) >= 11 is 0. The topological polar surface area (TPSA) is 62.5 Å². The number of benzene rings is 12.